The number of aliphatic hydroxyl groups excluding tert-OH is 3. The first-order chi connectivity index (χ1) is 7.32. The van der Waals surface area contributed by atoms with E-state index in [4.69, 9.17) is 25.3 Å². The maximum Gasteiger partial charge on any atom is 0.473 e. The van der Waals surface area contributed by atoms with Crippen LogP contribution in [0.15, 0.2) is 0 Å². The van der Waals surface area contributed by atoms with Crippen molar-refractivity contribution in [1.29, 1.82) is 0 Å². The lowest BCUT2D eigenvalue weighted by atomic mass is 10.4. The van der Waals surface area contributed by atoms with Gasteiger partial charge in [0.25, 0.3) is 0 Å². The fourth-order valence-corrected chi connectivity index (χ4v) is 1.48. The molecule has 0 saturated heterocycles. The molecule has 5 N–H and O–H groups in total. The van der Waals surface area contributed by atoms with Crippen LogP contribution in [0.5, 0.6) is 0 Å². The van der Waals surface area contributed by atoms with Gasteiger partial charge in [-0.2, -0.15) is 0 Å². The molecule has 10 heteroatoms. The van der Waals surface area contributed by atoms with E-state index in [1.165, 1.54) is 0 Å². The minimum atomic E-state index is -4.70. The molecule has 0 aliphatic heterocycles. The lowest BCUT2D eigenvalue weighted by Gasteiger charge is -2.17. The second-order valence-corrected chi connectivity index (χ2v) is 4.12. The summed E-state index contributed by atoms with van der Waals surface area (Å²) in [5, 5.41) is 34.1. The molecule has 3 atom stereocenters. The molecule has 0 spiro atoms. The van der Waals surface area contributed by atoms with Crippen LogP contribution in [0.3, 0.4) is 0 Å². The summed E-state index contributed by atoms with van der Waals surface area (Å²) >= 11 is 0. The Balaban J connectivity index is 4.22. The van der Waals surface area contributed by atoms with Gasteiger partial charge in [0.15, 0.2) is 6.10 Å². The van der Waals surface area contributed by atoms with Crippen molar-refractivity contribution in [1.82, 2.24) is 0 Å². The van der Waals surface area contributed by atoms with Crippen LogP contribution >= 0.6 is 7.82 Å². The summed E-state index contributed by atoms with van der Waals surface area (Å²) in [5.74, 6) is -1.64. The quantitative estimate of drug-likeness (QED) is 0.309. The van der Waals surface area contributed by atoms with E-state index in [2.05, 4.69) is 9.05 Å². The molecule has 0 aromatic carbocycles. The summed E-state index contributed by atoms with van der Waals surface area (Å²) in [7, 11) is -4.70. The number of hydrogen-bond acceptors (Lipinski definition) is 7. The van der Waals surface area contributed by atoms with E-state index in [0.29, 0.717) is 0 Å². The van der Waals surface area contributed by atoms with Crippen LogP contribution in [0.2, 0.25) is 0 Å². The second-order valence-electron chi connectivity index (χ2n) is 2.72. The van der Waals surface area contributed by atoms with Crippen LogP contribution in [0.1, 0.15) is 0 Å². The van der Waals surface area contributed by atoms with Crippen LogP contribution in [0, 0.1) is 0 Å². The number of carbonyl (C=O) groups is 1. The fourth-order valence-electron chi connectivity index (χ4n) is 0.581. The third-order valence-corrected chi connectivity index (χ3v) is 2.34. The summed E-state index contributed by atoms with van der Waals surface area (Å²) in [6.45, 7) is -2.41. The number of aliphatic carboxylic acids is 1. The normalized spacial score (nSPS) is 18.8. The second kappa shape index (κ2) is 6.92. The number of hydrogen-bond donors (Lipinski definition) is 5. The van der Waals surface area contributed by atoms with Gasteiger partial charge in [-0.05, 0) is 0 Å². The van der Waals surface area contributed by atoms with Gasteiger partial charge in [0.05, 0.1) is 19.8 Å². The van der Waals surface area contributed by atoms with Gasteiger partial charge in [0.2, 0.25) is 0 Å². The van der Waals surface area contributed by atoms with Gasteiger partial charge in [-0.1, -0.05) is 0 Å². The predicted molar refractivity (Wildman–Crippen MR) is 48.5 cm³/mol. The van der Waals surface area contributed by atoms with Crippen molar-refractivity contribution in [2.45, 2.75) is 12.2 Å². The largest absolute Gasteiger partial charge is 0.479 e. The van der Waals surface area contributed by atoms with E-state index in [9.17, 15) is 9.36 Å². The van der Waals surface area contributed by atoms with Crippen molar-refractivity contribution in [2.24, 2.45) is 0 Å². The minimum absolute atomic E-state index is 0.692. The van der Waals surface area contributed by atoms with E-state index in [1.807, 2.05) is 0 Å². The summed E-state index contributed by atoms with van der Waals surface area (Å²) < 4.78 is 19.3. The maximum atomic E-state index is 11.1. The Morgan fingerprint density at radius 3 is 2.25 bits per heavy atom. The molecule has 0 aromatic heterocycles. The SMILES string of the molecule is O=C(O)C(CO)OP(=O)(O)OC[C@H](O)CO. The zero-order valence-corrected chi connectivity index (χ0v) is 8.99. The highest BCUT2D eigenvalue weighted by atomic mass is 31.2. The van der Waals surface area contributed by atoms with Gasteiger partial charge in [-0.15, -0.1) is 0 Å². The van der Waals surface area contributed by atoms with Crippen molar-refractivity contribution in [3.8, 4) is 0 Å². The standard InChI is InChI=1S/C6H13O9P/c7-1-4(9)3-14-16(12,13)15-5(2-8)6(10)11/h4-5,7-9H,1-3H2,(H,10,11)(H,12,13)/t4-,5?/m1/s1. The average Bonchev–Trinajstić information content (AvgIpc) is 2.22. The van der Waals surface area contributed by atoms with E-state index in [1.54, 1.807) is 0 Å². The smallest absolute Gasteiger partial charge is 0.473 e. The van der Waals surface area contributed by atoms with Gasteiger partial charge >= 0.3 is 13.8 Å². The van der Waals surface area contributed by atoms with Crippen LogP contribution in [0.25, 0.3) is 0 Å². The molecule has 0 aliphatic rings. The van der Waals surface area contributed by atoms with Crippen molar-refractivity contribution in [3.05, 3.63) is 0 Å². The number of rotatable bonds is 8. The molecule has 2 unspecified atom stereocenters. The minimum Gasteiger partial charge on any atom is -0.479 e. The van der Waals surface area contributed by atoms with Gasteiger partial charge in [-0.25, -0.2) is 9.36 Å². The fraction of sp³-hybridized carbons (Fsp3) is 0.833. The molecule has 0 radical (unpaired) electrons. The van der Waals surface area contributed by atoms with E-state index in [-0.39, 0.29) is 0 Å². The molecule has 0 fully saturated rings. The third kappa shape index (κ3) is 6.13. The van der Waals surface area contributed by atoms with Gasteiger partial charge in [-0.3, -0.25) is 9.05 Å². The van der Waals surface area contributed by atoms with E-state index in [0.717, 1.165) is 0 Å². The van der Waals surface area contributed by atoms with Crippen molar-refractivity contribution < 1.29 is 43.7 Å². The third-order valence-electron chi connectivity index (χ3n) is 1.34. The van der Waals surface area contributed by atoms with Crippen LogP contribution < -0.4 is 0 Å². The molecule has 9 nitrogen and oxygen atoms in total. The van der Waals surface area contributed by atoms with E-state index >= 15 is 0 Å². The topological polar surface area (TPSA) is 154 Å². The van der Waals surface area contributed by atoms with Crippen LogP contribution in [0.4, 0.5) is 0 Å². The molecule has 0 amide bonds. The summed E-state index contributed by atoms with van der Waals surface area (Å²) in [6.07, 6.45) is -3.29. The van der Waals surface area contributed by atoms with Crippen molar-refractivity contribution in [3.63, 3.8) is 0 Å². The van der Waals surface area contributed by atoms with Gasteiger partial charge < -0.3 is 25.3 Å². The maximum absolute atomic E-state index is 11.1. The Labute approximate surface area is 90.5 Å². The Morgan fingerprint density at radius 1 is 1.31 bits per heavy atom. The highest BCUT2D eigenvalue weighted by molar-refractivity contribution is 7.47. The molecule has 0 rings (SSSR count). The molecule has 0 bridgehead atoms. The van der Waals surface area contributed by atoms with Crippen LogP contribution in [-0.4, -0.2) is 63.3 Å². The Hall–Kier alpha value is -0.540. The summed E-state index contributed by atoms with van der Waals surface area (Å²) in [4.78, 5) is 19.3. The molecule has 0 heterocycles. The summed E-state index contributed by atoms with van der Waals surface area (Å²) in [5.41, 5.74) is 0. The number of phosphoric acid groups is 1. The highest BCUT2D eigenvalue weighted by Gasteiger charge is 2.31. The first-order valence-corrected chi connectivity index (χ1v) is 5.60. The zero-order valence-electron chi connectivity index (χ0n) is 8.09. The number of aliphatic hydroxyl groups is 3. The zero-order chi connectivity index (χ0) is 12.8. The monoisotopic (exact) mass is 260 g/mol. The molecular formula is C6H13O9P. The Bertz CT molecular complexity index is 267. The highest BCUT2D eigenvalue weighted by Crippen LogP contribution is 2.44. The number of carboxylic acid groups (broad SMARTS) is 1. The lowest BCUT2D eigenvalue weighted by molar-refractivity contribution is -0.148. The lowest BCUT2D eigenvalue weighted by Crippen LogP contribution is -2.27. The molecular weight excluding hydrogens is 247 g/mol. The molecule has 16 heavy (non-hydrogen) atoms. The first-order valence-electron chi connectivity index (χ1n) is 4.10. The van der Waals surface area contributed by atoms with E-state index < -0.39 is 45.8 Å². The first kappa shape index (κ1) is 15.5. The average molecular weight is 260 g/mol. The predicted octanol–water partition coefficient (Wildman–Crippen LogP) is -2.08. The van der Waals surface area contributed by atoms with Crippen molar-refractivity contribution >= 4 is 13.8 Å². The Kier molecular flexibility index (Phi) is 6.68. The molecule has 0 aliphatic carbocycles. The molecule has 0 saturated carbocycles. The van der Waals surface area contributed by atoms with Gasteiger partial charge in [0, 0.05) is 0 Å². The Morgan fingerprint density at radius 2 is 1.88 bits per heavy atom. The van der Waals surface area contributed by atoms with Gasteiger partial charge in [0.1, 0.15) is 6.10 Å². The van der Waals surface area contributed by atoms with Crippen LogP contribution in [-0.2, 0) is 18.4 Å². The summed E-state index contributed by atoms with van der Waals surface area (Å²) in [6, 6.07) is 0. The van der Waals surface area contributed by atoms with Crippen molar-refractivity contribution in [2.75, 3.05) is 19.8 Å². The number of phosphoric ester groups is 1. The number of carboxylic acids is 1. The molecule has 0 aromatic rings. The molecule has 96 valence electrons.